The first-order chi connectivity index (χ1) is 23.9. The Balaban J connectivity index is 1.01. The number of aliphatic carboxylic acids is 1. The summed E-state index contributed by atoms with van der Waals surface area (Å²) in [6.45, 7) is 0.955. The topological polar surface area (TPSA) is 162 Å². The number of benzene rings is 2. The van der Waals surface area contributed by atoms with Crippen LogP contribution in [-0.4, -0.2) is 99.6 Å². The highest BCUT2D eigenvalue weighted by Gasteiger charge is 2.56. The van der Waals surface area contributed by atoms with Gasteiger partial charge in [0, 0.05) is 43.3 Å². The SMILES string of the molecule is CN(CC1=C(C(=O)O)N2C(=O)[C@@H](NC(=O)COc3ccccc3)[C@H]2S1)C[C@@H]1CCN(c2c(F)cc3c(=O)c(C(=O)O)cn(C4CC4)c3c2F)C1. The molecule has 1 aromatic heterocycles. The maximum atomic E-state index is 16.1. The van der Waals surface area contributed by atoms with Crippen LogP contribution in [-0.2, 0) is 14.4 Å². The fourth-order valence-corrected chi connectivity index (χ4v) is 8.48. The number of carbonyl (C=O) groups excluding carboxylic acids is 2. The first kappa shape index (κ1) is 33.5. The number of amides is 2. The molecule has 2 amide bonds. The van der Waals surface area contributed by atoms with Gasteiger partial charge in [0.2, 0.25) is 5.43 Å². The van der Waals surface area contributed by atoms with Gasteiger partial charge < -0.3 is 34.6 Å². The summed E-state index contributed by atoms with van der Waals surface area (Å²) in [6.07, 6.45) is 3.10. The highest BCUT2D eigenvalue weighted by Crippen LogP contribution is 2.47. The monoisotopic (exact) mass is 709 g/mol. The van der Waals surface area contributed by atoms with Crippen LogP contribution in [0.1, 0.15) is 35.7 Å². The summed E-state index contributed by atoms with van der Waals surface area (Å²) < 4.78 is 38.5. The molecule has 2 aromatic carbocycles. The molecule has 3 atom stereocenters. The lowest BCUT2D eigenvalue weighted by Gasteiger charge is -2.42. The summed E-state index contributed by atoms with van der Waals surface area (Å²) in [7, 11) is 1.79. The van der Waals surface area contributed by atoms with E-state index in [2.05, 4.69) is 5.32 Å². The van der Waals surface area contributed by atoms with Crippen molar-refractivity contribution in [2.75, 3.05) is 44.7 Å². The Morgan fingerprint density at radius 3 is 2.50 bits per heavy atom. The molecule has 0 spiro atoms. The average molecular weight is 710 g/mol. The second kappa shape index (κ2) is 13.1. The second-order valence-corrected chi connectivity index (χ2v) is 14.2. The molecule has 3 aromatic rings. The molecule has 4 heterocycles. The maximum Gasteiger partial charge on any atom is 0.353 e. The number of rotatable bonds is 12. The lowest BCUT2D eigenvalue weighted by molar-refractivity contribution is -0.150. The van der Waals surface area contributed by atoms with Crippen molar-refractivity contribution in [2.24, 2.45) is 5.92 Å². The van der Waals surface area contributed by atoms with E-state index >= 15 is 8.78 Å². The zero-order chi connectivity index (χ0) is 35.4. The molecule has 50 heavy (non-hydrogen) atoms. The van der Waals surface area contributed by atoms with Crippen LogP contribution in [0, 0.1) is 17.6 Å². The number of pyridine rings is 1. The number of likely N-dealkylation sites (N-methyl/N-ethyl adjacent to an activating group) is 1. The zero-order valence-electron chi connectivity index (χ0n) is 26.8. The van der Waals surface area contributed by atoms with Crippen molar-refractivity contribution >= 4 is 52.1 Å². The summed E-state index contributed by atoms with van der Waals surface area (Å²) in [5.74, 6) is -5.18. The number of aromatic carboxylic acids is 1. The third kappa shape index (κ3) is 6.06. The Bertz CT molecular complexity index is 2020. The predicted octanol–water partition coefficient (Wildman–Crippen LogP) is 2.85. The Labute approximate surface area is 288 Å². The van der Waals surface area contributed by atoms with E-state index in [1.807, 2.05) is 4.90 Å². The molecule has 2 saturated heterocycles. The molecule has 13 nitrogen and oxygen atoms in total. The summed E-state index contributed by atoms with van der Waals surface area (Å²) in [6, 6.07) is 8.55. The van der Waals surface area contributed by atoms with Gasteiger partial charge in [-0.25, -0.2) is 18.4 Å². The van der Waals surface area contributed by atoms with Gasteiger partial charge in [-0.2, -0.15) is 0 Å². The number of β-lactam (4-membered cyclic amide) rings is 1. The van der Waals surface area contributed by atoms with Crippen LogP contribution < -0.4 is 20.4 Å². The molecule has 1 aliphatic carbocycles. The van der Waals surface area contributed by atoms with Crippen LogP contribution >= 0.6 is 11.8 Å². The summed E-state index contributed by atoms with van der Waals surface area (Å²) in [5.41, 5.74) is -1.99. The van der Waals surface area contributed by atoms with Gasteiger partial charge in [-0.05, 0) is 50.4 Å². The maximum absolute atomic E-state index is 16.1. The van der Waals surface area contributed by atoms with Gasteiger partial charge in [0.15, 0.2) is 12.4 Å². The number of hydrogen-bond donors (Lipinski definition) is 3. The lowest BCUT2D eigenvalue weighted by Crippen LogP contribution is -2.68. The Morgan fingerprint density at radius 1 is 1.08 bits per heavy atom. The van der Waals surface area contributed by atoms with Crippen LogP contribution in [0.3, 0.4) is 0 Å². The molecule has 4 aliphatic rings. The third-order valence-electron chi connectivity index (χ3n) is 9.38. The van der Waals surface area contributed by atoms with E-state index in [-0.39, 0.29) is 53.9 Å². The number of fused-ring (bicyclic) bond motifs is 2. The fraction of sp³-hybridized carbons (Fsp3) is 0.382. The predicted molar refractivity (Wildman–Crippen MR) is 178 cm³/mol. The number of thioether (sulfide) groups is 1. The van der Waals surface area contributed by atoms with E-state index in [1.165, 1.54) is 21.2 Å². The molecule has 16 heteroatoms. The lowest BCUT2D eigenvalue weighted by atomic mass is 10.1. The first-order valence-electron chi connectivity index (χ1n) is 16.1. The number of para-hydroxylation sites is 1. The van der Waals surface area contributed by atoms with E-state index in [0.29, 0.717) is 43.0 Å². The van der Waals surface area contributed by atoms with Gasteiger partial charge in [0.05, 0.1) is 10.9 Å². The minimum absolute atomic E-state index is 0.0508. The number of ether oxygens (including phenoxy) is 1. The Hall–Kier alpha value is -4.96. The Morgan fingerprint density at radius 2 is 1.82 bits per heavy atom. The number of aromatic nitrogens is 1. The van der Waals surface area contributed by atoms with Crippen molar-refractivity contribution in [1.82, 2.24) is 19.7 Å². The van der Waals surface area contributed by atoms with Crippen molar-refractivity contribution in [3.63, 3.8) is 0 Å². The van der Waals surface area contributed by atoms with E-state index in [1.54, 1.807) is 42.3 Å². The highest BCUT2D eigenvalue weighted by molar-refractivity contribution is 8.04. The normalized spacial score (nSPS) is 21.5. The largest absolute Gasteiger partial charge is 0.484 e. The smallest absolute Gasteiger partial charge is 0.353 e. The van der Waals surface area contributed by atoms with Gasteiger partial charge in [0.1, 0.15) is 39.9 Å². The first-order valence-corrected chi connectivity index (χ1v) is 17.0. The number of carboxylic acid groups (broad SMARTS) is 2. The number of halogens is 2. The van der Waals surface area contributed by atoms with Crippen molar-refractivity contribution in [3.8, 4) is 5.75 Å². The van der Waals surface area contributed by atoms with Crippen molar-refractivity contribution in [2.45, 2.75) is 36.7 Å². The number of hydrogen-bond acceptors (Lipinski definition) is 9. The molecular formula is C34H33F2N5O8S. The van der Waals surface area contributed by atoms with Crippen LogP contribution in [0.5, 0.6) is 5.75 Å². The molecule has 1 saturated carbocycles. The van der Waals surface area contributed by atoms with Gasteiger partial charge in [-0.15, -0.1) is 0 Å². The molecule has 3 N–H and O–H groups in total. The van der Waals surface area contributed by atoms with Crippen LogP contribution in [0.4, 0.5) is 14.5 Å². The summed E-state index contributed by atoms with van der Waals surface area (Å²) in [5, 5.41) is 21.2. The number of nitrogens with zero attached hydrogens (tertiary/aromatic N) is 4. The average Bonchev–Trinajstić information content (AvgIpc) is 3.74. The minimum Gasteiger partial charge on any atom is -0.484 e. The minimum atomic E-state index is -1.46. The number of anilines is 1. The van der Waals surface area contributed by atoms with E-state index in [9.17, 15) is 34.2 Å². The van der Waals surface area contributed by atoms with Crippen LogP contribution in [0.2, 0.25) is 0 Å². The number of carbonyl (C=O) groups is 4. The molecule has 0 radical (unpaired) electrons. The molecular weight excluding hydrogens is 676 g/mol. The van der Waals surface area contributed by atoms with Crippen molar-refractivity contribution in [3.05, 3.63) is 80.6 Å². The number of carboxylic acids is 2. The van der Waals surface area contributed by atoms with Crippen LogP contribution in [0.15, 0.2) is 58.0 Å². The van der Waals surface area contributed by atoms with Gasteiger partial charge >= 0.3 is 11.9 Å². The van der Waals surface area contributed by atoms with E-state index < -0.39 is 57.8 Å². The van der Waals surface area contributed by atoms with Gasteiger partial charge in [0.25, 0.3) is 11.8 Å². The Kier molecular flexibility index (Phi) is 8.76. The van der Waals surface area contributed by atoms with Gasteiger partial charge in [-0.1, -0.05) is 30.0 Å². The van der Waals surface area contributed by atoms with E-state index in [0.717, 1.165) is 12.3 Å². The molecule has 7 rings (SSSR count). The standard InChI is InChI=1S/C34H33F2N5O8S/c1-38(15-23-29(34(47)48)41-31(44)26(32(41)50-23)37-24(42)16-49-19-5-3-2-4-6-19)12-17-9-10-39(13-17)28-22(35)11-20-27(25(28)36)40(18-7-8-18)14-21(30(20)43)33(45)46/h2-6,11,14,17-18,26,32H,7-10,12-13,15-16H2,1H3,(H,37,42)(H,45,46)(H,47,48)/t17-,26+,32+/m0/s1. The van der Waals surface area contributed by atoms with Gasteiger partial charge in [-0.3, -0.25) is 19.3 Å². The summed E-state index contributed by atoms with van der Waals surface area (Å²) in [4.78, 5) is 67.3. The second-order valence-electron chi connectivity index (χ2n) is 13.0. The fourth-order valence-electron chi connectivity index (χ4n) is 6.96. The zero-order valence-corrected chi connectivity index (χ0v) is 27.6. The van der Waals surface area contributed by atoms with Crippen molar-refractivity contribution in [1.29, 1.82) is 0 Å². The third-order valence-corrected chi connectivity index (χ3v) is 10.7. The number of nitrogens with one attached hydrogen (secondary N) is 1. The van der Waals surface area contributed by atoms with Crippen molar-refractivity contribution < 1.29 is 42.9 Å². The van der Waals surface area contributed by atoms with Crippen LogP contribution in [0.25, 0.3) is 10.9 Å². The molecule has 3 fully saturated rings. The quantitative estimate of drug-likeness (QED) is 0.237. The highest BCUT2D eigenvalue weighted by atomic mass is 32.2. The molecule has 0 unspecified atom stereocenters. The summed E-state index contributed by atoms with van der Waals surface area (Å²) >= 11 is 1.20. The van der Waals surface area contributed by atoms with E-state index in [4.69, 9.17) is 4.74 Å². The molecule has 0 bridgehead atoms. The molecule has 262 valence electrons. The molecule has 3 aliphatic heterocycles.